The molecule has 0 bridgehead atoms. The van der Waals surface area contributed by atoms with Crippen LogP contribution in [0.4, 0.5) is 0 Å². The molecule has 0 amide bonds. The minimum atomic E-state index is -0.0517. The molecule has 3 rings (SSSR count). The normalized spacial score (nSPS) is 11.2. The zero-order valence-corrected chi connectivity index (χ0v) is 11.6. The molecule has 2 aromatic carbocycles. The van der Waals surface area contributed by atoms with Crippen LogP contribution in [0, 0.1) is 5.92 Å². The first-order valence-electron chi connectivity index (χ1n) is 6.78. The number of benzene rings is 2. The average molecular weight is 264 g/mol. The van der Waals surface area contributed by atoms with Crippen molar-refractivity contribution in [3.63, 3.8) is 0 Å². The van der Waals surface area contributed by atoms with Crippen LogP contribution in [0.2, 0.25) is 0 Å². The molecular formula is C18H16O2. The predicted molar refractivity (Wildman–Crippen MR) is 80.8 cm³/mol. The summed E-state index contributed by atoms with van der Waals surface area (Å²) in [7, 11) is 0. The standard InChI is InChI=1S/C18H16O2/c1-12(2)18(19)17-11-15-10-14(8-9-16(15)20-17)13-6-4-3-5-7-13/h3-12H,1-2H3. The van der Waals surface area contributed by atoms with Crippen LogP contribution in [-0.2, 0) is 0 Å². The van der Waals surface area contributed by atoms with Crippen LogP contribution in [0.25, 0.3) is 22.1 Å². The van der Waals surface area contributed by atoms with E-state index in [4.69, 9.17) is 4.42 Å². The summed E-state index contributed by atoms with van der Waals surface area (Å²) in [6.45, 7) is 3.76. The lowest BCUT2D eigenvalue weighted by molar-refractivity contribution is 0.0913. The minimum absolute atomic E-state index is 0.0439. The number of ketones is 1. The third-order valence-corrected chi connectivity index (χ3v) is 3.39. The summed E-state index contributed by atoms with van der Waals surface area (Å²) in [6, 6.07) is 18.0. The van der Waals surface area contributed by atoms with Crippen LogP contribution in [0.3, 0.4) is 0 Å². The zero-order chi connectivity index (χ0) is 14.1. The van der Waals surface area contributed by atoms with Gasteiger partial charge in [0.2, 0.25) is 5.78 Å². The van der Waals surface area contributed by atoms with Crippen molar-refractivity contribution in [1.29, 1.82) is 0 Å². The molecule has 2 heteroatoms. The topological polar surface area (TPSA) is 30.2 Å². The molecule has 0 aliphatic carbocycles. The van der Waals surface area contributed by atoms with Gasteiger partial charge in [0.05, 0.1) is 0 Å². The highest BCUT2D eigenvalue weighted by Gasteiger charge is 2.15. The summed E-state index contributed by atoms with van der Waals surface area (Å²) in [5.41, 5.74) is 3.04. The van der Waals surface area contributed by atoms with Crippen molar-refractivity contribution in [2.45, 2.75) is 13.8 Å². The molecule has 2 nitrogen and oxygen atoms in total. The maximum Gasteiger partial charge on any atom is 0.200 e. The van der Waals surface area contributed by atoms with Crippen molar-refractivity contribution < 1.29 is 9.21 Å². The number of fused-ring (bicyclic) bond motifs is 1. The highest BCUT2D eigenvalue weighted by Crippen LogP contribution is 2.27. The summed E-state index contributed by atoms with van der Waals surface area (Å²) < 4.78 is 5.63. The van der Waals surface area contributed by atoms with Crippen molar-refractivity contribution in [3.8, 4) is 11.1 Å². The quantitative estimate of drug-likeness (QED) is 0.627. The number of Topliss-reactive ketones (excluding diaryl/α,β-unsaturated/α-hetero) is 1. The van der Waals surface area contributed by atoms with Crippen molar-refractivity contribution in [1.82, 2.24) is 0 Å². The first-order chi connectivity index (χ1) is 9.65. The Bertz CT molecular complexity index is 751. The first-order valence-corrected chi connectivity index (χ1v) is 6.78. The van der Waals surface area contributed by atoms with Gasteiger partial charge in [0, 0.05) is 11.3 Å². The summed E-state index contributed by atoms with van der Waals surface area (Å²) in [5, 5.41) is 0.968. The number of furan rings is 1. The summed E-state index contributed by atoms with van der Waals surface area (Å²) in [4.78, 5) is 12.0. The molecule has 0 saturated carbocycles. The third kappa shape index (κ3) is 2.25. The Kier molecular flexibility index (Phi) is 3.15. The highest BCUT2D eigenvalue weighted by atomic mass is 16.3. The molecule has 0 atom stereocenters. The molecule has 0 aliphatic heterocycles. The maximum absolute atomic E-state index is 12.0. The fourth-order valence-corrected chi connectivity index (χ4v) is 2.26. The molecular weight excluding hydrogens is 248 g/mol. The van der Waals surface area contributed by atoms with Gasteiger partial charge in [-0.15, -0.1) is 0 Å². The fraction of sp³-hybridized carbons (Fsp3) is 0.167. The van der Waals surface area contributed by atoms with E-state index in [1.165, 1.54) is 0 Å². The van der Waals surface area contributed by atoms with Crippen molar-refractivity contribution in [2.75, 3.05) is 0 Å². The number of carbonyl (C=O) groups excluding carboxylic acids is 1. The summed E-state index contributed by atoms with van der Waals surface area (Å²) in [5.74, 6) is 0.437. The van der Waals surface area contributed by atoms with Gasteiger partial charge in [-0.05, 0) is 29.3 Å². The largest absolute Gasteiger partial charge is 0.453 e. The maximum atomic E-state index is 12.0. The smallest absolute Gasteiger partial charge is 0.200 e. The molecule has 0 aliphatic rings. The molecule has 3 aromatic rings. The van der Waals surface area contributed by atoms with Crippen LogP contribution in [0.1, 0.15) is 24.4 Å². The van der Waals surface area contributed by atoms with Gasteiger partial charge in [0.25, 0.3) is 0 Å². The van der Waals surface area contributed by atoms with E-state index >= 15 is 0 Å². The average Bonchev–Trinajstić information content (AvgIpc) is 2.90. The number of carbonyl (C=O) groups is 1. The van der Waals surface area contributed by atoms with Gasteiger partial charge in [-0.2, -0.15) is 0 Å². The van der Waals surface area contributed by atoms with E-state index in [0.29, 0.717) is 5.76 Å². The van der Waals surface area contributed by atoms with Gasteiger partial charge in [-0.25, -0.2) is 0 Å². The molecule has 1 aromatic heterocycles. The van der Waals surface area contributed by atoms with Crippen LogP contribution in [0.15, 0.2) is 59.0 Å². The molecule has 20 heavy (non-hydrogen) atoms. The SMILES string of the molecule is CC(C)C(=O)c1cc2cc(-c3ccccc3)ccc2o1. The van der Waals surface area contributed by atoms with Gasteiger partial charge < -0.3 is 4.42 Å². The first kappa shape index (κ1) is 12.7. The van der Waals surface area contributed by atoms with Crippen LogP contribution in [0.5, 0.6) is 0 Å². The Labute approximate surface area is 118 Å². The van der Waals surface area contributed by atoms with Gasteiger partial charge in [-0.3, -0.25) is 4.79 Å². The number of hydrogen-bond acceptors (Lipinski definition) is 2. The second kappa shape index (κ2) is 4.97. The van der Waals surface area contributed by atoms with Crippen LogP contribution in [-0.4, -0.2) is 5.78 Å². The molecule has 0 radical (unpaired) electrons. The van der Waals surface area contributed by atoms with Crippen molar-refractivity contribution in [2.24, 2.45) is 5.92 Å². The molecule has 0 unspecified atom stereocenters. The van der Waals surface area contributed by atoms with Gasteiger partial charge in [0.1, 0.15) is 5.58 Å². The fourth-order valence-electron chi connectivity index (χ4n) is 2.26. The molecule has 0 saturated heterocycles. The zero-order valence-electron chi connectivity index (χ0n) is 11.6. The number of rotatable bonds is 3. The Hall–Kier alpha value is -2.35. The Morgan fingerprint density at radius 2 is 1.70 bits per heavy atom. The lowest BCUT2D eigenvalue weighted by atomic mass is 10.0. The van der Waals surface area contributed by atoms with Gasteiger partial charge >= 0.3 is 0 Å². The third-order valence-electron chi connectivity index (χ3n) is 3.39. The lowest BCUT2D eigenvalue weighted by Gasteiger charge is -2.00. The molecule has 100 valence electrons. The van der Waals surface area contributed by atoms with E-state index in [2.05, 4.69) is 18.2 Å². The Balaban J connectivity index is 2.06. The lowest BCUT2D eigenvalue weighted by Crippen LogP contribution is -2.05. The molecule has 0 spiro atoms. The van der Waals surface area contributed by atoms with Gasteiger partial charge in [0.15, 0.2) is 5.76 Å². The van der Waals surface area contributed by atoms with Crippen LogP contribution < -0.4 is 0 Å². The van der Waals surface area contributed by atoms with E-state index in [9.17, 15) is 4.79 Å². The van der Waals surface area contributed by atoms with E-state index in [-0.39, 0.29) is 11.7 Å². The highest BCUT2D eigenvalue weighted by molar-refractivity contribution is 5.99. The molecule has 0 fully saturated rings. The van der Waals surface area contributed by atoms with Gasteiger partial charge in [-0.1, -0.05) is 50.2 Å². The minimum Gasteiger partial charge on any atom is -0.453 e. The Morgan fingerprint density at radius 3 is 2.40 bits per heavy atom. The van der Waals surface area contributed by atoms with Crippen molar-refractivity contribution in [3.05, 3.63) is 60.4 Å². The molecule has 0 N–H and O–H groups in total. The molecule has 1 heterocycles. The van der Waals surface area contributed by atoms with E-state index in [0.717, 1.165) is 22.1 Å². The monoisotopic (exact) mass is 264 g/mol. The second-order valence-electron chi connectivity index (χ2n) is 5.25. The van der Waals surface area contributed by atoms with E-state index in [1.807, 2.05) is 50.2 Å². The summed E-state index contributed by atoms with van der Waals surface area (Å²) in [6.07, 6.45) is 0. The predicted octanol–water partition coefficient (Wildman–Crippen LogP) is 4.94. The van der Waals surface area contributed by atoms with Crippen LogP contribution >= 0.6 is 0 Å². The Morgan fingerprint density at radius 1 is 0.950 bits per heavy atom. The van der Waals surface area contributed by atoms with E-state index in [1.54, 1.807) is 0 Å². The van der Waals surface area contributed by atoms with Crippen molar-refractivity contribution >= 4 is 16.8 Å². The number of hydrogen-bond donors (Lipinski definition) is 0. The van der Waals surface area contributed by atoms with E-state index < -0.39 is 0 Å². The summed E-state index contributed by atoms with van der Waals surface area (Å²) >= 11 is 0. The second-order valence-corrected chi connectivity index (χ2v) is 5.25.